The van der Waals surface area contributed by atoms with Crippen molar-refractivity contribution in [3.63, 3.8) is 0 Å². The number of H-pyrrole nitrogens is 1. The third-order valence-corrected chi connectivity index (χ3v) is 2.78. The van der Waals surface area contributed by atoms with Crippen molar-refractivity contribution in [1.29, 1.82) is 0 Å². The number of nitrogens with one attached hydrogen (secondary N) is 1. The molecule has 1 N–H and O–H groups in total. The van der Waals surface area contributed by atoms with E-state index in [4.69, 9.17) is 0 Å². The molecule has 0 aliphatic carbocycles. The van der Waals surface area contributed by atoms with Gasteiger partial charge in [-0.3, -0.25) is 14.4 Å². The molecule has 0 saturated heterocycles. The fourth-order valence-electron chi connectivity index (χ4n) is 1.88. The second kappa shape index (κ2) is 4.37. The van der Waals surface area contributed by atoms with Gasteiger partial charge < -0.3 is 0 Å². The van der Waals surface area contributed by atoms with Crippen LogP contribution in [-0.4, -0.2) is 9.61 Å². The fraction of sp³-hybridized carbons (Fsp3) is 0. The average Bonchev–Trinajstić information content (AvgIpc) is 2.77. The maximum absolute atomic E-state index is 11.2. The van der Waals surface area contributed by atoms with Gasteiger partial charge in [0.05, 0.1) is 5.52 Å². The molecule has 3 rings (SSSR count). The van der Waals surface area contributed by atoms with Crippen molar-refractivity contribution in [3.8, 4) is 0 Å². The van der Waals surface area contributed by atoms with Crippen LogP contribution in [0.4, 0.5) is 0 Å². The first-order chi connectivity index (χ1) is 8.81. The molecule has 3 heteroatoms. The van der Waals surface area contributed by atoms with Crippen LogP contribution in [0.2, 0.25) is 0 Å². The quantitative estimate of drug-likeness (QED) is 0.730. The summed E-state index contributed by atoms with van der Waals surface area (Å²) in [5.41, 5.74) is 2.98. The maximum atomic E-state index is 11.2. The molecule has 2 heterocycles. The van der Waals surface area contributed by atoms with Gasteiger partial charge >= 0.3 is 0 Å². The zero-order valence-electron chi connectivity index (χ0n) is 9.71. The van der Waals surface area contributed by atoms with Crippen LogP contribution in [0, 0.1) is 0 Å². The molecule has 0 bridgehead atoms. The zero-order chi connectivity index (χ0) is 12.4. The molecule has 18 heavy (non-hydrogen) atoms. The Morgan fingerprint density at radius 2 is 1.72 bits per heavy atom. The monoisotopic (exact) mass is 236 g/mol. The minimum Gasteiger partial charge on any atom is -0.268 e. The summed E-state index contributed by atoms with van der Waals surface area (Å²) in [7, 11) is 0. The van der Waals surface area contributed by atoms with Crippen LogP contribution in [0.25, 0.3) is 17.7 Å². The van der Waals surface area contributed by atoms with Gasteiger partial charge in [-0.1, -0.05) is 48.6 Å². The number of nitrogens with zero attached hydrogens (tertiary/aromatic N) is 1. The first kappa shape index (κ1) is 10.6. The summed E-state index contributed by atoms with van der Waals surface area (Å²) >= 11 is 0. The summed E-state index contributed by atoms with van der Waals surface area (Å²) in [6.07, 6.45) is 5.96. The number of benzene rings is 1. The zero-order valence-corrected chi connectivity index (χ0v) is 9.71. The van der Waals surface area contributed by atoms with Gasteiger partial charge in [-0.15, -0.1) is 0 Å². The van der Waals surface area contributed by atoms with E-state index < -0.39 is 0 Å². The molecule has 0 aliphatic heterocycles. The summed E-state index contributed by atoms with van der Waals surface area (Å²) in [4.78, 5) is 11.2. The van der Waals surface area contributed by atoms with Crippen molar-refractivity contribution in [2.75, 3.05) is 0 Å². The summed E-state index contributed by atoms with van der Waals surface area (Å²) in [6, 6.07) is 15.6. The Kier molecular flexibility index (Phi) is 2.57. The van der Waals surface area contributed by atoms with Crippen molar-refractivity contribution in [3.05, 3.63) is 76.2 Å². The molecule has 0 unspecified atom stereocenters. The van der Waals surface area contributed by atoms with E-state index >= 15 is 0 Å². The van der Waals surface area contributed by atoms with Crippen molar-refractivity contribution < 1.29 is 0 Å². The van der Waals surface area contributed by atoms with Crippen LogP contribution in [-0.2, 0) is 0 Å². The minimum absolute atomic E-state index is 0.0841. The Hall–Kier alpha value is -2.55. The molecule has 0 fully saturated rings. The number of aromatic amines is 1. The number of rotatable bonds is 2. The normalized spacial score (nSPS) is 11.3. The number of fused-ring (bicyclic) bond motifs is 1. The van der Waals surface area contributed by atoms with Crippen molar-refractivity contribution in [1.82, 2.24) is 9.61 Å². The molecule has 0 atom stereocenters. The number of hydrogen-bond donors (Lipinski definition) is 1. The second-order valence-corrected chi connectivity index (χ2v) is 4.12. The van der Waals surface area contributed by atoms with Gasteiger partial charge in [-0.25, -0.2) is 0 Å². The van der Waals surface area contributed by atoms with Gasteiger partial charge in [-0.05, 0) is 17.2 Å². The second-order valence-electron chi connectivity index (χ2n) is 4.12. The van der Waals surface area contributed by atoms with Crippen molar-refractivity contribution in [2.24, 2.45) is 0 Å². The number of hydrogen-bond acceptors (Lipinski definition) is 1. The molecule has 3 nitrogen and oxygen atoms in total. The van der Waals surface area contributed by atoms with Gasteiger partial charge in [0, 0.05) is 12.3 Å². The molecule has 3 aromatic rings. The van der Waals surface area contributed by atoms with Gasteiger partial charge in [0.1, 0.15) is 0 Å². The molecule has 88 valence electrons. The lowest BCUT2D eigenvalue weighted by molar-refractivity contribution is 0.936. The van der Waals surface area contributed by atoms with Crippen LogP contribution in [0.1, 0.15) is 11.1 Å². The average molecular weight is 236 g/mol. The highest BCUT2D eigenvalue weighted by molar-refractivity contribution is 5.70. The molecule has 0 spiro atoms. The SMILES string of the molecule is O=c1cc2ccc(/C=C/c3ccccc3)cn2[nH]1. The Bertz CT molecular complexity index is 751. The van der Waals surface area contributed by atoms with E-state index in [-0.39, 0.29) is 5.56 Å². The fourth-order valence-corrected chi connectivity index (χ4v) is 1.88. The summed E-state index contributed by atoms with van der Waals surface area (Å²) in [5.74, 6) is 0. The van der Waals surface area contributed by atoms with Gasteiger partial charge in [-0.2, -0.15) is 0 Å². The lowest BCUT2D eigenvalue weighted by Crippen LogP contribution is -1.98. The molecule has 0 saturated carbocycles. The van der Waals surface area contributed by atoms with Crippen LogP contribution in [0.3, 0.4) is 0 Å². The first-order valence-electron chi connectivity index (χ1n) is 5.76. The van der Waals surface area contributed by atoms with E-state index in [0.717, 1.165) is 16.6 Å². The van der Waals surface area contributed by atoms with Gasteiger partial charge in [0.2, 0.25) is 0 Å². The Morgan fingerprint density at radius 3 is 2.56 bits per heavy atom. The largest absolute Gasteiger partial charge is 0.268 e. The van der Waals surface area contributed by atoms with Crippen LogP contribution in [0.15, 0.2) is 59.5 Å². The van der Waals surface area contributed by atoms with E-state index in [2.05, 4.69) is 5.10 Å². The topological polar surface area (TPSA) is 37.3 Å². The lowest BCUT2D eigenvalue weighted by Gasteiger charge is -1.97. The summed E-state index contributed by atoms with van der Waals surface area (Å²) in [6.45, 7) is 0. The first-order valence-corrected chi connectivity index (χ1v) is 5.76. The van der Waals surface area contributed by atoms with Gasteiger partial charge in [0.15, 0.2) is 0 Å². The smallest absolute Gasteiger partial charge is 0.264 e. The van der Waals surface area contributed by atoms with Crippen LogP contribution < -0.4 is 5.56 Å². The number of pyridine rings is 1. The lowest BCUT2D eigenvalue weighted by atomic mass is 10.2. The predicted molar refractivity (Wildman–Crippen MR) is 73.4 cm³/mol. The minimum atomic E-state index is -0.0841. The van der Waals surface area contributed by atoms with E-state index in [1.807, 2.05) is 60.8 Å². The molecule has 2 aromatic heterocycles. The predicted octanol–water partition coefficient (Wildman–Crippen LogP) is 2.80. The maximum Gasteiger partial charge on any atom is 0.264 e. The molecular formula is C15H12N2O. The third kappa shape index (κ3) is 2.11. The van der Waals surface area contributed by atoms with E-state index in [1.54, 1.807) is 10.6 Å². The molecule has 0 amide bonds. The van der Waals surface area contributed by atoms with Gasteiger partial charge in [0.25, 0.3) is 5.56 Å². The molecule has 0 radical (unpaired) electrons. The van der Waals surface area contributed by atoms with Crippen molar-refractivity contribution >= 4 is 17.7 Å². The van der Waals surface area contributed by atoms with Crippen LogP contribution in [0.5, 0.6) is 0 Å². The highest BCUT2D eigenvalue weighted by Crippen LogP contribution is 2.09. The molecule has 1 aromatic carbocycles. The van der Waals surface area contributed by atoms with E-state index in [1.165, 1.54) is 0 Å². The molecule has 0 aliphatic rings. The highest BCUT2D eigenvalue weighted by atomic mass is 16.1. The Morgan fingerprint density at radius 1 is 0.944 bits per heavy atom. The van der Waals surface area contributed by atoms with E-state index in [9.17, 15) is 4.79 Å². The Balaban J connectivity index is 1.95. The third-order valence-electron chi connectivity index (χ3n) is 2.78. The Labute approximate surface area is 104 Å². The van der Waals surface area contributed by atoms with Crippen molar-refractivity contribution in [2.45, 2.75) is 0 Å². The highest BCUT2D eigenvalue weighted by Gasteiger charge is 1.95. The van der Waals surface area contributed by atoms with E-state index in [0.29, 0.717) is 0 Å². The summed E-state index contributed by atoms with van der Waals surface area (Å²) in [5, 5.41) is 2.72. The number of aromatic nitrogens is 2. The van der Waals surface area contributed by atoms with Crippen LogP contribution >= 0.6 is 0 Å². The standard InChI is InChI=1S/C15H12N2O/c18-15-10-14-9-8-13(11-17(14)16-15)7-6-12-4-2-1-3-5-12/h1-11H,(H,16,18)/b7-6+. The summed E-state index contributed by atoms with van der Waals surface area (Å²) < 4.78 is 1.73. The molecular weight excluding hydrogens is 224 g/mol.